The number of hydrogen-bond acceptors (Lipinski definition) is 4. The number of halogens is 1. The first kappa shape index (κ1) is 21.9. The minimum absolute atomic E-state index is 0. The van der Waals surface area contributed by atoms with Gasteiger partial charge in [0.1, 0.15) is 0 Å². The van der Waals surface area contributed by atoms with Gasteiger partial charge in [-0.15, -0.1) is 12.4 Å². The lowest BCUT2D eigenvalue weighted by atomic mass is 9.99. The zero-order chi connectivity index (χ0) is 17.5. The van der Waals surface area contributed by atoms with E-state index < -0.39 is 0 Å². The fraction of sp³-hybridized carbons (Fsp3) is 0.778. The summed E-state index contributed by atoms with van der Waals surface area (Å²) in [4.78, 5) is 16.9. The van der Waals surface area contributed by atoms with Crippen molar-refractivity contribution in [3.8, 4) is 0 Å². The molecule has 2 N–H and O–H groups in total. The smallest absolute Gasteiger partial charge is 0.239 e. The van der Waals surface area contributed by atoms with Crippen LogP contribution in [0.15, 0.2) is 12.4 Å². The molecule has 1 fully saturated rings. The minimum Gasteiger partial charge on any atom is -0.340 e. The lowest BCUT2D eigenvalue weighted by Crippen LogP contribution is -2.48. The van der Waals surface area contributed by atoms with Crippen LogP contribution in [0.5, 0.6) is 0 Å². The molecule has 1 amide bonds. The van der Waals surface area contributed by atoms with E-state index in [1.165, 1.54) is 5.56 Å². The van der Waals surface area contributed by atoms with Crippen LogP contribution in [0.3, 0.4) is 0 Å². The first-order valence-electron chi connectivity index (χ1n) is 9.33. The van der Waals surface area contributed by atoms with Crippen LogP contribution in [-0.4, -0.2) is 57.7 Å². The van der Waals surface area contributed by atoms with Crippen molar-refractivity contribution in [3.63, 3.8) is 0 Å². The third-order valence-corrected chi connectivity index (χ3v) is 4.99. The Morgan fingerprint density at radius 2 is 2.04 bits per heavy atom. The number of hydrogen-bond donors (Lipinski definition) is 1. The van der Waals surface area contributed by atoms with Gasteiger partial charge in [0.15, 0.2) is 0 Å². The van der Waals surface area contributed by atoms with Crippen LogP contribution in [0.25, 0.3) is 0 Å². The van der Waals surface area contributed by atoms with E-state index in [4.69, 9.17) is 5.73 Å². The number of carbonyl (C=O) groups is 1. The first-order chi connectivity index (χ1) is 11.5. The van der Waals surface area contributed by atoms with Crippen molar-refractivity contribution in [1.29, 1.82) is 0 Å². The number of nitrogens with zero attached hydrogens (tertiary/aromatic N) is 4. The monoisotopic (exact) mass is 371 g/mol. The molecular weight excluding hydrogens is 338 g/mol. The summed E-state index contributed by atoms with van der Waals surface area (Å²) in [6.45, 7) is 11.7. The highest BCUT2D eigenvalue weighted by molar-refractivity contribution is 5.85. The Morgan fingerprint density at radius 1 is 1.28 bits per heavy atom. The number of aryl methyl sites for hydroxylation is 1. The van der Waals surface area contributed by atoms with Gasteiger partial charge >= 0.3 is 0 Å². The zero-order valence-corrected chi connectivity index (χ0v) is 16.7. The average Bonchev–Trinajstić information content (AvgIpc) is 2.89. The molecule has 0 saturated carbocycles. The Labute approximate surface area is 158 Å². The highest BCUT2D eigenvalue weighted by Gasteiger charge is 2.26. The van der Waals surface area contributed by atoms with Gasteiger partial charge < -0.3 is 10.6 Å². The largest absolute Gasteiger partial charge is 0.340 e. The minimum atomic E-state index is -0.367. The summed E-state index contributed by atoms with van der Waals surface area (Å²) >= 11 is 0. The summed E-state index contributed by atoms with van der Waals surface area (Å²) in [5.41, 5.74) is 7.38. The molecule has 0 bridgehead atoms. The standard InChI is InChI=1S/C18H33N5O.ClH/c1-4-7-23-14-16(12-20-23)13-21-8-6-9-22(11-10-21)18(24)17(19)15(3)5-2;/h12,14-15,17H,4-11,13,19H2,1-3H3;1H. The number of aromatic nitrogens is 2. The van der Waals surface area contributed by atoms with E-state index in [2.05, 4.69) is 37.0 Å². The van der Waals surface area contributed by atoms with Gasteiger partial charge in [-0.25, -0.2) is 0 Å². The molecule has 2 atom stereocenters. The Bertz CT molecular complexity index is 521. The van der Waals surface area contributed by atoms with E-state index in [9.17, 15) is 4.79 Å². The third kappa shape index (κ3) is 6.28. The second kappa shape index (κ2) is 10.8. The number of rotatable bonds is 7. The number of nitrogens with two attached hydrogens (primary N) is 1. The molecule has 144 valence electrons. The lowest BCUT2D eigenvalue weighted by Gasteiger charge is -2.27. The molecule has 25 heavy (non-hydrogen) atoms. The van der Waals surface area contributed by atoms with Gasteiger partial charge in [-0.2, -0.15) is 5.10 Å². The molecule has 7 heteroatoms. The third-order valence-electron chi connectivity index (χ3n) is 4.99. The summed E-state index contributed by atoms with van der Waals surface area (Å²) in [5.74, 6) is 0.350. The molecule has 1 aliphatic heterocycles. The molecule has 6 nitrogen and oxygen atoms in total. The molecule has 2 unspecified atom stereocenters. The fourth-order valence-corrected chi connectivity index (χ4v) is 3.16. The van der Waals surface area contributed by atoms with Crippen LogP contribution >= 0.6 is 12.4 Å². The lowest BCUT2D eigenvalue weighted by molar-refractivity contribution is -0.133. The molecule has 1 aromatic heterocycles. The van der Waals surface area contributed by atoms with Gasteiger partial charge in [-0.3, -0.25) is 14.4 Å². The van der Waals surface area contributed by atoms with Crippen molar-refractivity contribution >= 4 is 18.3 Å². The zero-order valence-electron chi connectivity index (χ0n) is 15.9. The Balaban J connectivity index is 0.00000312. The van der Waals surface area contributed by atoms with E-state index in [1.807, 2.05) is 15.8 Å². The topological polar surface area (TPSA) is 67.4 Å². The van der Waals surface area contributed by atoms with E-state index in [1.54, 1.807) is 0 Å². The van der Waals surface area contributed by atoms with Gasteiger partial charge in [0, 0.05) is 51.0 Å². The van der Waals surface area contributed by atoms with Crippen molar-refractivity contribution in [2.75, 3.05) is 26.2 Å². The summed E-state index contributed by atoms with van der Waals surface area (Å²) < 4.78 is 2.01. The van der Waals surface area contributed by atoms with Crippen molar-refractivity contribution in [2.45, 2.75) is 59.2 Å². The summed E-state index contributed by atoms with van der Waals surface area (Å²) in [6.07, 6.45) is 7.13. The number of amides is 1. The van der Waals surface area contributed by atoms with Crippen molar-refractivity contribution in [1.82, 2.24) is 19.6 Å². The van der Waals surface area contributed by atoms with Crippen molar-refractivity contribution in [2.24, 2.45) is 11.7 Å². The molecular formula is C18H34ClN5O. The Hall–Kier alpha value is -1.11. The normalized spacial score (nSPS) is 18.3. The molecule has 0 aliphatic carbocycles. The van der Waals surface area contributed by atoms with Gasteiger partial charge in [0.2, 0.25) is 5.91 Å². The van der Waals surface area contributed by atoms with Crippen LogP contribution in [0.2, 0.25) is 0 Å². The second-order valence-electron chi connectivity index (χ2n) is 6.98. The molecule has 0 aromatic carbocycles. The maximum atomic E-state index is 12.6. The SMILES string of the molecule is CCCn1cc(CN2CCCN(C(=O)C(N)C(C)CC)CC2)cn1.Cl. The van der Waals surface area contributed by atoms with Crippen LogP contribution in [0, 0.1) is 5.92 Å². The fourth-order valence-electron chi connectivity index (χ4n) is 3.16. The molecule has 1 aromatic rings. The highest BCUT2D eigenvalue weighted by Crippen LogP contribution is 2.13. The molecule has 2 heterocycles. The molecule has 0 radical (unpaired) electrons. The van der Waals surface area contributed by atoms with Gasteiger partial charge in [0.05, 0.1) is 12.2 Å². The van der Waals surface area contributed by atoms with E-state index >= 15 is 0 Å². The van der Waals surface area contributed by atoms with Crippen LogP contribution < -0.4 is 5.73 Å². The van der Waals surface area contributed by atoms with Crippen LogP contribution in [0.1, 0.15) is 45.6 Å². The van der Waals surface area contributed by atoms with Gasteiger partial charge in [-0.1, -0.05) is 27.2 Å². The van der Waals surface area contributed by atoms with Gasteiger partial charge in [0.25, 0.3) is 0 Å². The van der Waals surface area contributed by atoms with Crippen LogP contribution in [0.4, 0.5) is 0 Å². The quantitative estimate of drug-likeness (QED) is 0.797. The van der Waals surface area contributed by atoms with Crippen molar-refractivity contribution in [3.05, 3.63) is 18.0 Å². The predicted octanol–water partition coefficient (Wildman–Crippen LogP) is 2.12. The van der Waals surface area contributed by atoms with Gasteiger partial charge in [-0.05, 0) is 18.8 Å². The highest BCUT2D eigenvalue weighted by atomic mass is 35.5. The maximum Gasteiger partial charge on any atom is 0.239 e. The molecule has 2 rings (SSSR count). The van der Waals surface area contributed by atoms with Crippen molar-refractivity contribution < 1.29 is 4.79 Å². The van der Waals surface area contributed by atoms with E-state index in [0.717, 1.165) is 58.5 Å². The van der Waals surface area contributed by atoms with Crippen LogP contribution in [-0.2, 0) is 17.9 Å². The summed E-state index contributed by atoms with van der Waals surface area (Å²) in [6, 6.07) is -0.367. The summed E-state index contributed by atoms with van der Waals surface area (Å²) in [7, 11) is 0. The maximum absolute atomic E-state index is 12.6. The summed E-state index contributed by atoms with van der Waals surface area (Å²) in [5, 5.41) is 4.40. The predicted molar refractivity (Wildman–Crippen MR) is 104 cm³/mol. The Kier molecular flexibility index (Phi) is 9.46. The number of carbonyl (C=O) groups excluding carboxylic acids is 1. The first-order valence-corrected chi connectivity index (χ1v) is 9.33. The second-order valence-corrected chi connectivity index (χ2v) is 6.98. The molecule has 1 saturated heterocycles. The average molecular weight is 372 g/mol. The van der Waals surface area contributed by atoms with E-state index in [-0.39, 0.29) is 30.3 Å². The Morgan fingerprint density at radius 3 is 2.72 bits per heavy atom. The van der Waals surface area contributed by atoms with E-state index in [0.29, 0.717) is 0 Å². The molecule has 0 spiro atoms. The molecule has 1 aliphatic rings.